The molecule has 1 aromatic carbocycles. The van der Waals surface area contributed by atoms with Crippen molar-refractivity contribution in [2.75, 3.05) is 38.2 Å². The van der Waals surface area contributed by atoms with Crippen molar-refractivity contribution < 1.29 is 27.1 Å². The second-order valence-corrected chi connectivity index (χ2v) is 7.07. The summed E-state index contributed by atoms with van der Waals surface area (Å²) in [5, 5.41) is 0.872. The van der Waals surface area contributed by atoms with Crippen molar-refractivity contribution in [2.45, 2.75) is 12.6 Å². The lowest BCUT2D eigenvalue weighted by atomic mass is 10.1. The van der Waals surface area contributed by atoms with E-state index in [1.807, 2.05) is 17.0 Å². The number of furan rings is 1. The van der Waals surface area contributed by atoms with E-state index in [0.717, 1.165) is 23.2 Å². The first-order valence-electron chi connectivity index (χ1n) is 9.45. The maximum Gasteiger partial charge on any atom is 0.417 e. The van der Waals surface area contributed by atoms with E-state index in [9.17, 15) is 18.0 Å². The first kappa shape index (κ1) is 20.1. The smallest absolute Gasteiger partial charge is 0.417 e. The molecule has 0 aliphatic carbocycles. The molecule has 9 heteroatoms. The maximum absolute atomic E-state index is 12.7. The fraction of sp³-hybridized carbons (Fsp3) is 0.333. The molecule has 1 saturated heterocycles. The molecular formula is C21H20F3N3O3. The largest absolute Gasteiger partial charge is 0.497 e. The zero-order chi connectivity index (χ0) is 21.3. The number of amides is 1. The molecule has 1 fully saturated rings. The van der Waals surface area contributed by atoms with Gasteiger partial charge in [-0.25, -0.2) is 4.98 Å². The van der Waals surface area contributed by atoms with Crippen molar-refractivity contribution in [1.82, 2.24) is 9.88 Å². The molecule has 3 aromatic rings. The van der Waals surface area contributed by atoms with E-state index in [2.05, 4.69) is 4.98 Å². The number of hydrogen-bond donors (Lipinski definition) is 0. The summed E-state index contributed by atoms with van der Waals surface area (Å²) < 4.78 is 48.8. The first-order chi connectivity index (χ1) is 14.3. The number of alkyl halides is 3. The van der Waals surface area contributed by atoms with Gasteiger partial charge in [-0.15, -0.1) is 0 Å². The van der Waals surface area contributed by atoms with E-state index in [1.54, 1.807) is 24.3 Å². The molecule has 0 radical (unpaired) electrons. The van der Waals surface area contributed by atoms with Crippen LogP contribution in [0.5, 0.6) is 5.75 Å². The van der Waals surface area contributed by atoms with Crippen molar-refractivity contribution in [2.24, 2.45) is 0 Å². The van der Waals surface area contributed by atoms with Gasteiger partial charge in [-0.2, -0.15) is 13.2 Å². The molecule has 158 valence electrons. The van der Waals surface area contributed by atoms with Gasteiger partial charge < -0.3 is 19.0 Å². The van der Waals surface area contributed by atoms with Crippen LogP contribution in [0.15, 0.2) is 47.2 Å². The lowest BCUT2D eigenvalue weighted by Crippen LogP contribution is -2.49. The minimum Gasteiger partial charge on any atom is -0.497 e. The highest BCUT2D eigenvalue weighted by atomic mass is 19.4. The molecule has 1 amide bonds. The Bertz CT molecular complexity index is 1040. The number of benzene rings is 1. The summed E-state index contributed by atoms with van der Waals surface area (Å²) in [7, 11) is 1.58. The zero-order valence-corrected chi connectivity index (χ0v) is 16.3. The minimum absolute atomic E-state index is 0.0199. The molecule has 1 aliphatic heterocycles. The fourth-order valence-corrected chi connectivity index (χ4v) is 3.53. The topological polar surface area (TPSA) is 58.8 Å². The van der Waals surface area contributed by atoms with Crippen LogP contribution >= 0.6 is 0 Å². The number of pyridine rings is 1. The van der Waals surface area contributed by atoms with Crippen LogP contribution in [0.3, 0.4) is 0 Å². The van der Waals surface area contributed by atoms with Crippen LogP contribution < -0.4 is 9.64 Å². The third-order valence-electron chi connectivity index (χ3n) is 5.24. The van der Waals surface area contributed by atoms with Gasteiger partial charge in [-0.05, 0) is 24.3 Å². The molecule has 0 unspecified atom stereocenters. The molecule has 6 nitrogen and oxygen atoms in total. The number of carbonyl (C=O) groups excluding carboxylic acids is 1. The number of hydrogen-bond acceptors (Lipinski definition) is 5. The number of aromatic nitrogens is 1. The van der Waals surface area contributed by atoms with Gasteiger partial charge in [0.05, 0.1) is 25.4 Å². The number of piperazine rings is 1. The molecule has 0 spiro atoms. The lowest BCUT2D eigenvalue weighted by molar-refractivity contribution is -0.137. The quantitative estimate of drug-likeness (QED) is 0.645. The van der Waals surface area contributed by atoms with Crippen LogP contribution in [0.25, 0.3) is 11.0 Å². The Morgan fingerprint density at radius 3 is 2.57 bits per heavy atom. The van der Waals surface area contributed by atoms with Gasteiger partial charge in [-0.1, -0.05) is 0 Å². The summed E-state index contributed by atoms with van der Waals surface area (Å²) in [4.78, 5) is 20.3. The highest BCUT2D eigenvalue weighted by Crippen LogP contribution is 2.30. The van der Waals surface area contributed by atoms with Crippen LogP contribution in [-0.2, 0) is 17.4 Å². The average molecular weight is 419 g/mol. The van der Waals surface area contributed by atoms with Gasteiger partial charge in [0.25, 0.3) is 0 Å². The molecule has 1 aliphatic rings. The highest BCUT2D eigenvalue weighted by Gasteiger charge is 2.31. The molecule has 0 N–H and O–H groups in total. The van der Waals surface area contributed by atoms with Crippen molar-refractivity contribution >= 4 is 22.7 Å². The van der Waals surface area contributed by atoms with E-state index >= 15 is 0 Å². The Hall–Kier alpha value is -3.23. The van der Waals surface area contributed by atoms with E-state index in [1.165, 1.54) is 6.07 Å². The molecule has 30 heavy (non-hydrogen) atoms. The Morgan fingerprint density at radius 2 is 1.93 bits per heavy atom. The Kier molecular flexibility index (Phi) is 5.27. The maximum atomic E-state index is 12.7. The molecule has 3 heterocycles. The van der Waals surface area contributed by atoms with Crippen molar-refractivity contribution in [1.29, 1.82) is 0 Å². The van der Waals surface area contributed by atoms with Gasteiger partial charge in [-0.3, -0.25) is 4.79 Å². The second-order valence-electron chi connectivity index (χ2n) is 7.07. The average Bonchev–Trinajstić information content (AvgIpc) is 3.15. The number of methoxy groups -OCH3 is 1. The lowest BCUT2D eigenvalue weighted by Gasteiger charge is -2.35. The Labute approximate surface area is 170 Å². The zero-order valence-electron chi connectivity index (χ0n) is 16.3. The summed E-state index contributed by atoms with van der Waals surface area (Å²) in [5.74, 6) is 1.14. The van der Waals surface area contributed by atoms with Crippen LogP contribution in [0.2, 0.25) is 0 Å². The van der Waals surface area contributed by atoms with Gasteiger partial charge in [0.1, 0.15) is 17.2 Å². The summed E-state index contributed by atoms with van der Waals surface area (Å²) in [6.07, 6.45) is -1.76. The molecule has 4 rings (SSSR count). The number of anilines is 1. The second kappa shape index (κ2) is 7.89. The third kappa shape index (κ3) is 4.05. The summed E-state index contributed by atoms with van der Waals surface area (Å²) >= 11 is 0. The molecule has 2 aromatic heterocycles. The number of fused-ring (bicyclic) bond motifs is 1. The predicted molar refractivity (Wildman–Crippen MR) is 105 cm³/mol. The molecule has 0 atom stereocenters. The summed E-state index contributed by atoms with van der Waals surface area (Å²) in [6.45, 7) is 1.97. The first-order valence-corrected chi connectivity index (χ1v) is 9.45. The standard InChI is InChI=1S/C21H20F3N3O3/c1-29-16-3-4-17-14(13-30-18(17)11-16)10-20(28)27-8-6-26(7-9-27)19-5-2-15(12-25-19)21(22,23)24/h2-5,11-13H,6-10H2,1H3. The van der Waals surface area contributed by atoms with Crippen molar-refractivity contribution in [3.63, 3.8) is 0 Å². The van der Waals surface area contributed by atoms with Gasteiger partial charge in [0.2, 0.25) is 5.91 Å². The van der Waals surface area contributed by atoms with Gasteiger partial charge in [0, 0.05) is 49.4 Å². The number of rotatable bonds is 4. The summed E-state index contributed by atoms with van der Waals surface area (Å²) in [5.41, 5.74) is 0.699. The number of carbonyl (C=O) groups is 1. The van der Waals surface area contributed by atoms with Crippen molar-refractivity contribution in [3.8, 4) is 5.75 Å². The number of nitrogens with zero attached hydrogens (tertiary/aromatic N) is 3. The predicted octanol–water partition coefficient (Wildman–Crippen LogP) is 3.75. The van der Waals surface area contributed by atoms with E-state index in [-0.39, 0.29) is 12.3 Å². The fourth-order valence-electron chi connectivity index (χ4n) is 3.53. The van der Waals surface area contributed by atoms with Crippen LogP contribution in [0, 0.1) is 0 Å². The van der Waals surface area contributed by atoms with Crippen LogP contribution in [0.1, 0.15) is 11.1 Å². The highest BCUT2D eigenvalue weighted by molar-refractivity contribution is 5.88. The van der Waals surface area contributed by atoms with E-state index in [4.69, 9.17) is 9.15 Å². The SMILES string of the molecule is COc1ccc2c(CC(=O)N3CCN(c4ccc(C(F)(F)F)cn4)CC3)coc2c1. The monoisotopic (exact) mass is 419 g/mol. The Morgan fingerprint density at radius 1 is 1.17 bits per heavy atom. The third-order valence-corrected chi connectivity index (χ3v) is 5.24. The molecular weight excluding hydrogens is 399 g/mol. The summed E-state index contributed by atoms with van der Waals surface area (Å²) in [6, 6.07) is 7.86. The van der Waals surface area contributed by atoms with Gasteiger partial charge in [0.15, 0.2) is 0 Å². The number of halogens is 3. The van der Waals surface area contributed by atoms with Crippen LogP contribution in [0.4, 0.5) is 19.0 Å². The molecule has 0 bridgehead atoms. The van der Waals surface area contributed by atoms with Gasteiger partial charge >= 0.3 is 6.18 Å². The van der Waals surface area contributed by atoms with E-state index < -0.39 is 11.7 Å². The number of ether oxygens (including phenoxy) is 1. The van der Waals surface area contributed by atoms with Crippen LogP contribution in [-0.4, -0.2) is 49.1 Å². The van der Waals surface area contributed by atoms with E-state index in [0.29, 0.717) is 43.3 Å². The van der Waals surface area contributed by atoms with Crippen molar-refractivity contribution in [3.05, 3.63) is 53.9 Å². The Balaban J connectivity index is 1.36. The minimum atomic E-state index is -4.40. The normalized spacial score (nSPS) is 14.9. The molecule has 0 saturated carbocycles.